The molecule has 26 heavy (non-hydrogen) atoms. The van der Waals surface area contributed by atoms with Gasteiger partial charge in [0.2, 0.25) is 0 Å². The normalized spacial score (nSPS) is 10.6. The highest BCUT2D eigenvalue weighted by Gasteiger charge is 2.11. The zero-order valence-corrected chi connectivity index (χ0v) is 13.7. The third-order valence-electron chi connectivity index (χ3n) is 3.82. The number of nitrogens with zero attached hydrogens (tertiary/aromatic N) is 6. The molecule has 0 aliphatic rings. The number of benzene rings is 2. The summed E-state index contributed by atoms with van der Waals surface area (Å²) < 4.78 is 3.24. The van der Waals surface area contributed by atoms with Gasteiger partial charge < -0.3 is 5.32 Å². The molecule has 1 N–H and O–H groups in total. The first-order valence-electron chi connectivity index (χ1n) is 7.99. The maximum atomic E-state index is 12.3. The largest absolute Gasteiger partial charge is 0.347 e. The maximum absolute atomic E-state index is 12.3. The van der Waals surface area contributed by atoms with Gasteiger partial charge in [-0.3, -0.25) is 4.79 Å². The lowest BCUT2D eigenvalue weighted by Gasteiger charge is -2.05. The molecule has 0 atom stereocenters. The molecule has 2 aromatic carbocycles. The molecule has 0 fully saturated rings. The van der Waals surface area contributed by atoms with E-state index in [0.29, 0.717) is 6.54 Å². The minimum Gasteiger partial charge on any atom is -0.347 e. The topological polar surface area (TPSA) is 90.5 Å². The Bertz CT molecular complexity index is 992. The molecule has 8 heteroatoms. The van der Waals surface area contributed by atoms with E-state index in [2.05, 4.69) is 25.7 Å². The van der Waals surface area contributed by atoms with E-state index in [1.807, 2.05) is 54.6 Å². The van der Waals surface area contributed by atoms with Crippen molar-refractivity contribution in [3.63, 3.8) is 0 Å². The van der Waals surface area contributed by atoms with Crippen LogP contribution in [0.4, 0.5) is 0 Å². The first-order chi connectivity index (χ1) is 12.8. The van der Waals surface area contributed by atoms with Gasteiger partial charge in [-0.15, -0.1) is 5.10 Å². The summed E-state index contributed by atoms with van der Waals surface area (Å²) in [4.78, 5) is 16.2. The van der Waals surface area contributed by atoms with Crippen molar-refractivity contribution in [3.05, 3.63) is 84.7 Å². The van der Waals surface area contributed by atoms with E-state index in [1.54, 1.807) is 21.9 Å². The molecule has 0 radical (unpaired) electrons. The molecule has 0 bridgehead atoms. The van der Waals surface area contributed by atoms with Gasteiger partial charge in [-0.05, 0) is 29.8 Å². The van der Waals surface area contributed by atoms with Crippen LogP contribution in [0.25, 0.3) is 11.4 Å². The van der Waals surface area contributed by atoms with Crippen LogP contribution < -0.4 is 5.32 Å². The number of rotatable bonds is 5. The first-order valence-corrected chi connectivity index (χ1v) is 7.99. The average Bonchev–Trinajstić information content (AvgIpc) is 3.39. The second-order valence-corrected chi connectivity index (χ2v) is 5.57. The number of hydrogen-bond donors (Lipinski definition) is 1. The van der Waals surface area contributed by atoms with Crippen LogP contribution in [-0.2, 0) is 6.54 Å². The molecule has 0 aliphatic carbocycles. The molecule has 4 rings (SSSR count). The molecule has 2 heterocycles. The van der Waals surface area contributed by atoms with E-state index in [1.165, 1.54) is 6.33 Å². The van der Waals surface area contributed by atoms with E-state index >= 15 is 0 Å². The van der Waals surface area contributed by atoms with Gasteiger partial charge in [-0.2, -0.15) is 5.10 Å². The first kappa shape index (κ1) is 15.7. The molecule has 0 unspecified atom stereocenters. The van der Waals surface area contributed by atoms with Gasteiger partial charge in [0.1, 0.15) is 12.7 Å². The number of nitrogens with one attached hydrogen (secondary N) is 1. The van der Waals surface area contributed by atoms with E-state index < -0.39 is 0 Å². The zero-order chi connectivity index (χ0) is 17.8. The number of para-hydroxylation sites is 1. The summed E-state index contributed by atoms with van der Waals surface area (Å²) in [5, 5.41) is 14.8. The Balaban J connectivity index is 1.39. The van der Waals surface area contributed by atoms with Crippen molar-refractivity contribution < 1.29 is 4.79 Å². The van der Waals surface area contributed by atoms with Gasteiger partial charge in [0.05, 0.1) is 17.6 Å². The molecule has 1 amide bonds. The van der Waals surface area contributed by atoms with Gasteiger partial charge in [0.25, 0.3) is 5.91 Å². The van der Waals surface area contributed by atoms with E-state index in [4.69, 9.17) is 0 Å². The third-order valence-corrected chi connectivity index (χ3v) is 3.82. The van der Waals surface area contributed by atoms with Crippen molar-refractivity contribution in [2.75, 3.05) is 0 Å². The Morgan fingerprint density at radius 2 is 1.73 bits per heavy atom. The second kappa shape index (κ2) is 6.98. The lowest BCUT2D eigenvalue weighted by atomic mass is 10.2. The number of carbonyl (C=O) groups is 1. The fourth-order valence-corrected chi connectivity index (χ4v) is 2.46. The Labute approximate surface area is 149 Å². The quantitative estimate of drug-likeness (QED) is 0.595. The summed E-state index contributed by atoms with van der Waals surface area (Å²) in [6, 6.07) is 17.2. The summed E-state index contributed by atoms with van der Waals surface area (Å²) >= 11 is 0. The van der Waals surface area contributed by atoms with Crippen LogP contribution in [0.1, 0.15) is 16.1 Å². The fraction of sp³-hybridized carbons (Fsp3) is 0.0556. The van der Waals surface area contributed by atoms with Crippen LogP contribution >= 0.6 is 0 Å². The SMILES string of the molecule is O=C(NCc1ccc(-n2cncn2)cc1)c1cn(-c2ccccc2)nn1. The van der Waals surface area contributed by atoms with Gasteiger partial charge in [0, 0.05) is 6.54 Å². The smallest absolute Gasteiger partial charge is 0.273 e. The van der Waals surface area contributed by atoms with Crippen molar-refractivity contribution in [1.82, 2.24) is 35.1 Å². The molecule has 2 aromatic heterocycles. The third kappa shape index (κ3) is 3.34. The van der Waals surface area contributed by atoms with Crippen LogP contribution in [0.3, 0.4) is 0 Å². The fourth-order valence-electron chi connectivity index (χ4n) is 2.46. The van der Waals surface area contributed by atoms with Gasteiger partial charge in [-0.1, -0.05) is 35.5 Å². The van der Waals surface area contributed by atoms with Crippen molar-refractivity contribution in [1.29, 1.82) is 0 Å². The van der Waals surface area contributed by atoms with Crippen molar-refractivity contribution in [2.24, 2.45) is 0 Å². The monoisotopic (exact) mass is 345 g/mol. The predicted molar refractivity (Wildman–Crippen MR) is 93.9 cm³/mol. The van der Waals surface area contributed by atoms with E-state index in [0.717, 1.165) is 16.9 Å². The molecule has 4 aromatic rings. The van der Waals surface area contributed by atoms with Crippen LogP contribution in [-0.4, -0.2) is 35.7 Å². The minimum absolute atomic E-state index is 0.271. The molecule has 0 saturated carbocycles. The standard InChI is InChI=1S/C18H15N7O/c26-18(17-11-24(23-22-17)15-4-2-1-3-5-15)20-10-14-6-8-16(9-7-14)25-13-19-12-21-25/h1-9,11-13H,10H2,(H,20,26). The number of hydrogen-bond acceptors (Lipinski definition) is 5. The van der Waals surface area contributed by atoms with Crippen LogP contribution in [0.15, 0.2) is 73.4 Å². The van der Waals surface area contributed by atoms with Crippen LogP contribution in [0.5, 0.6) is 0 Å². The van der Waals surface area contributed by atoms with E-state index in [-0.39, 0.29) is 11.6 Å². The highest BCUT2D eigenvalue weighted by Crippen LogP contribution is 2.09. The van der Waals surface area contributed by atoms with Crippen molar-refractivity contribution in [3.8, 4) is 11.4 Å². The summed E-state index contributed by atoms with van der Waals surface area (Å²) in [6.45, 7) is 0.397. The number of carbonyl (C=O) groups excluding carboxylic acids is 1. The molecule has 0 spiro atoms. The number of amides is 1. The van der Waals surface area contributed by atoms with Gasteiger partial charge in [0.15, 0.2) is 5.69 Å². The Morgan fingerprint density at radius 1 is 0.962 bits per heavy atom. The molecule has 0 aliphatic heterocycles. The molecular formula is C18H15N7O. The lowest BCUT2D eigenvalue weighted by Crippen LogP contribution is -2.23. The second-order valence-electron chi connectivity index (χ2n) is 5.57. The summed E-state index contributed by atoms with van der Waals surface area (Å²) in [5.41, 5.74) is 3.00. The highest BCUT2D eigenvalue weighted by molar-refractivity contribution is 5.91. The van der Waals surface area contributed by atoms with Gasteiger partial charge in [-0.25, -0.2) is 14.3 Å². The Kier molecular flexibility index (Phi) is 4.21. The highest BCUT2D eigenvalue weighted by atomic mass is 16.2. The predicted octanol–water partition coefficient (Wildman–Crippen LogP) is 1.78. The Morgan fingerprint density at radius 3 is 2.46 bits per heavy atom. The van der Waals surface area contributed by atoms with Gasteiger partial charge >= 0.3 is 0 Å². The molecular weight excluding hydrogens is 330 g/mol. The summed E-state index contributed by atoms with van der Waals surface area (Å²) in [7, 11) is 0. The number of aromatic nitrogens is 6. The van der Waals surface area contributed by atoms with E-state index in [9.17, 15) is 4.79 Å². The van der Waals surface area contributed by atoms with Crippen LogP contribution in [0.2, 0.25) is 0 Å². The maximum Gasteiger partial charge on any atom is 0.273 e. The lowest BCUT2D eigenvalue weighted by molar-refractivity contribution is 0.0946. The molecule has 128 valence electrons. The Hall–Kier alpha value is -3.81. The summed E-state index contributed by atoms with van der Waals surface area (Å²) in [5.74, 6) is -0.271. The zero-order valence-electron chi connectivity index (χ0n) is 13.7. The van der Waals surface area contributed by atoms with Crippen molar-refractivity contribution in [2.45, 2.75) is 6.54 Å². The van der Waals surface area contributed by atoms with Crippen molar-refractivity contribution >= 4 is 5.91 Å². The summed E-state index contributed by atoms with van der Waals surface area (Å²) in [6.07, 6.45) is 4.72. The molecule has 0 saturated heterocycles. The average molecular weight is 345 g/mol. The molecule has 8 nitrogen and oxygen atoms in total. The minimum atomic E-state index is -0.271. The van der Waals surface area contributed by atoms with Crippen LogP contribution in [0, 0.1) is 0 Å².